The van der Waals surface area contributed by atoms with Crippen molar-refractivity contribution in [1.82, 2.24) is 14.9 Å². The number of carbonyl (C=O) groups excluding carboxylic acids is 2. The smallest absolute Gasteiger partial charge is 0.258 e. The molecular formula is C25H31N3O7S. The molecule has 0 unspecified atom stereocenters. The van der Waals surface area contributed by atoms with Crippen LogP contribution >= 0.6 is 0 Å². The molecule has 36 heavy (non-hydrogen) atoms. The van der Waals surface area contributed by atoms with Crippen molar-refractivity contribution < 1.29 is 32.2 Å². The van der Waals surface area contributed by atoms with Crippen molar-refractivity contribution in [2.45, 2.75) is 38.0 Å². The van der Waals surface area contributed by atoms with E-state index in [1.807, 2.05) is 18.2 Å². The van der Waals surface area contributed by atoms with Crippen molar-refractivity contribution in [3.8, 4) is 17.2 Å². The molecule has 5 aliphatic heterocycles. The van der Waals surface area contributed by atoms with Crippen LogP contribution in [0.1, 0.15) is 24.0 Å². The normalized spacial score (nSPS) is 21.9. The molecule has 194 valence electrons. The van der Waals surface area contributed by atoms with Gasteiger partial charge in [0.2, 0.25) is 15.9 Å². The summed E-state index contributed by atoms with van der Waals surface area (Å²) in [6.07, 6.45) is 1.97. The lowest BCUT2D eigenvalue weighted by Crippen LogP contribution is -2.58. The van der Waals surface area contributed by atoms with Gasteiger partial charge in [-0.2, -0.15) is 4.31 Å². The largest absolute Gasteiger partial charge is 0.493 e. The summed E-state index contributed by atoms with van der Waals surface area (Å²) in [6, 6.07) is 12.1. The summed E-state index contributed by atoms with van der Waals surface area (Å²) in [7, 11) is -1.92. The molecule has 5 aliphatic rings. The van der Waals surface area contributed by atoms with Crippen molar-refractivity contribution in [1.29, 1.82) is 0 Å². The predicted octanol–water partition coefficient (Wildman–Crippen LogP) is 1.23. The first-order valence-corrected chi connectivity index (χ1v) is 13.6. The maximum Gasteiger partial charge on any atom is 0.258 e. The Balaban J connectivity index is 1.58. The molecule has 1 saturated heterocycles. The highest BCUT2D eigenvalue weighted by atomic mass is 32.2. The number of hydrogen-bond donors (Lipinski definition) is 2. The maximum atomic E-state index is 12.8. The second kappa shape index (κ2) is 11.2. The second-order valence-electron chi connectivity index (χ2n) is 8.93. The van der Waals surface area contributed by atoms with Gasteiger partial charge in [0.15, 0.2) is 18.1 Å². The Kier molecular flexibility index (Phi) is 8.00. The van der Waals surface area contributed by atoms with Gasteiger partial charge in [-0.3, -0.25) is 9.59 Å². The van der Waals surface area contributed by atoms with Gasteiger partial charge in [-0.1, -0.05) is 18.2 Å². The van der Waals surface area contributed by atoms with Gasteiger partial charge in [0, 0.05) is 32.5 Å². The van der Waals surface area contributed by atoms with Gasteiger partial charge in [0.25, 0.3) is 5.91 Å². The Hall–Kier alpha value is -3.31. The van der Waals surface area contributed by atoms with Crippen LogP contribution in [0.2, 0.25) is 0 Å². The van der Waals surface area contributed by atoms with Crippen molar-refractivity contribution in [2.24, 2.45) is 0 Å². The van der Waals surface area contributed by atoms with E-state index in [0.29, 0.717) is 49.6 Å². The van der Waals surface area contributed by atoms with Gasteiger partial charge in [-0.05, 0) is 41.8 Å². The first kappa shape index (κ1) is 25.8. The van der Waals surface area contributed by atoms with Gasteiger partial charge >= 0.3 is 0 Å². The molecule has 10 nitrogen and oxygen atoms in total. The Labute approximate surface area is 211 Å². The summed E-state index contributed by atoms with van der Waals surface area (Å²) in [5.41, 5.74) is 1.82. The van der Waals surface area contributed by atoms with Crippen LogP contribution in [0.4, 0.5) is 0 Å². The van der Waals surface area contributed by atoms with Gasteiger partial charge < -0.3 is 24.8 Å². The molecule has 11 heteroatoms. The fourth-order valence-corrected chi connectivity index (χ4v) is 5.14. The SMILES string of the molecule is COc1cc2ccc1OCC(=O)N[C@@H]1CN(S(C)(=O)=O)CC[C@H]1Oc1ccc(cc1)CNC(=O)CC2. The molecule has 2 aromatic carbocycles. The average molecular weight is 518 g/mol. The fraction of sp³-hybridized carbons (Fsp3) is 0.440. The van der Waals surface area contributed by atoms with Gasteiger partial charge in [0.1, 0.15) is 11.9 Å². The standard InChI is InChI=1S/C25H31N3O7S/c1-33-23-13-17-5-9-22(23)34-16-25(30)27-20-15-28(36(2,31)32)12-11-21(20)35-19-7-3-18(4-8-19)14-26-24(29)10-6-17/h3-5,7-9,13,20-21H,6,10-12,14-16H2,1-2H3,(H,26,29)(H,27,30)/t20-,21-/m1/s1. The summed E-state index contributed by atoms with van der Waals surface area (Å²) in [6.45, 7) is 0.493. The lowest BCUT2D eigenvalue weighted by molar-refractivity contribution is -0.125. The molecule has 2 aromatic rings. The summed E-state index contributed by atoms with van der Waals surface area (Å²) in [4.78, 5) is 25.1. The maximum absolute atomic E-state index is 12.8. The summed E-state index contributed by atoms with van der Waals surface area (Å²) < 4.78 is 42.9. The highest BCUT2D eigenvalue weighted by Crippen LogP contribution is 2.29. The number of amides is 2. The topological polar surface area (TPSA) is 123 Å². The highest BCUT2D eigenvalue weighted by molar-refractivity contribution is 7.88. The van der Waals surface area contributed by atoms with E-state index in [0.717, 1.165) is 17.4 Å². The number of nitrogens with one attached hydrogen (secondary N) is 2. The Morgan fingerprint density at radius 2 is 1.78 bits per heavy atom. The number of nitrogens with zero attached hydrogens (tertiary/aromatic N) is 1. The zero-order valence-corrected chi connectivity index (χ0v) is 21.2. The summed E-state index contributed by atoms with van der Waals surface area (Å²) in [5.74, 6) is 0.968. The zero-order valence-electron chi connectivity index (χ0n) is 20.4. The molecule has 0 spiro atoms. The molecule has 4 bridgehead atoms. The number of piperidine rings is 1. The van der Waals surface area contributed by atoms with E-state index in [2.05, 4.69) is 10.6 Å². The number of aryl methyl sites for hydroxylation is 1. The third-order valence-corrected chi connectivity index (χ3v) is 7.53. The summed E-state index contributed by atoms with van der Waals surface area (Å²) >= 11 is 0. The first-order chi connectivity index (χ1) is 17.2. The van der Waals surface area contributed by atoms with Crippen LogP contribution in [-0.4, -0.2) is 69.7 Å². The van der Waals surface area contributed by atoms with E-state index in [4.69, 9.17) is 14.2 Å². The van der Waals surface area contributed by atoms with E-state index in [9.17, 15) is 18.0 Å². The third-order valence-electron chi connectivity index (χ3n) is 6.26. The molecule has 2 amide bonds. The Morgan fingerprint density at radius 3 is 2.50 bits per heavy atom. The molecule has 2 N–H and O–H groups in total. The van der Waals surface area contributed by atoms with Crippen LogP contribution in [0.25, 0.3) is 0 Å². The van der Waals surface area contributed by atoms with E-state index in [-0.39, 0.29) is 19.1 Å². The van der Waals surface area contributed by atoms with Crippen molar-refractivity contribution in [2.75, 3.05) is 33.1 Å². The molecule has 0 saturated carbocycles. The average Bonchev–Trinajstić information content (AvgIpc) is 2.85. The first-order valence-electron chi connectivity index (χ1n) is 11.8. The minimum absolute atomic E-state index is 0.0684. The monoisotopic (exact) mass is 517 g/mol. The second-order valence-corrected chi connectivity index (χ2v) is 10.9. The van der Waals surface area contributed by atoms with Gasteiger partial charge in [0.05, 0.1) is 19.4 Å². The minimum Gasteiger partial charge on any atom is -0.493 e. The molecule has 1 fully saturated rings. The van der Waals surface area contributed by atoms with Crippen LogP contribution in [0.15, 0.2) is 42.5 Å². The number of carbonyl (C=O) groups is 2. The van der Waals surface area contributed by atoms with Crippen LogP contribution < -0.4 is 24.8 Å². The molecule has 0 aromatic heterocycles. The van der Waals surface area contributed by atoms with Gasteiger partial charge in [-0.25, -0.2) is 8.42 Å². The Morgan fingerprint density at radius 1 is 1.03 bits per heavy atom. The van der Waals surface area contributed by atoms with Crippen molar-refractivity contribution >= 4 is 21.8 Å². The van der Waals surface area contributed by atoms with E-state index < -0.39 is 28.1 Å². The zero-order chi connectivity index (χ0) is 25.7. The number of rotatable bonds is 2. The third kappa shape index (κ3) is 6.67. The number of sulfonamides is 1. The van der Waals surface area contributed by atoms with Gasteiger partial charge in [-0.15, -0.1) is 0 Å². The molecule has 0 aliphatic carbocycles. The lowest BCUT2D eigenvalue weighted by atomic mass is 10.0. The lowest BCUT2D eigenvalue weighted by Gasteiger charge is -2.37. The molecule has 7 rings (SSSR count). The predicted molar refractivity (Wildman–Crippen MR) is 132 cm³/mol. The Bertz CT molecular complexity index is 1200. The quantitative estimate of drug-likeness (QED) is 0.614. The number of hydrogen-bond acceptors (Lipinski definition) is 7. The fourth-order valence-electron chi connectivity index (χ4n) is 4.27. The molecule has 2 atom stereocenters. The van der Waals surface area contributed by atoms with E-state index in [1.54, 1.807) is 24.3 Å². The number of ether oxygens (including phenoxy) is 3. The van der Waals surface area contributed by atoms with Crippen molar-refractivity contribution in [3.05, 3.63) is 53.6 Å². The molecule has 5 heterocycles. The summed E-state index contributed by atoms with van der Waals surface area (Å²) in [5, 5.41) is 5.81. The van der Waals surface area contributed by atoms with Crippen molar-refractivity contribution in [3.63, 3.8) is 0 Å². The highest BCUT2D eigenvalue weighted by Gasteiger charge is 2.35. The minimum atomic E-state index is -3.43. The molecular weight excluding hydrogens is 486 g/mol. The number of benzene rings is 2. The van der Waals surface area contributed by atoms with E-state index >= 15 is 0 Å². The van der Waals surface area contributed by atoms with Crippen LogP contribution in [0, 0.1) is 0 Å². The number of methoxy groups -OCH3 is 1. The van der Waals surface area contributed by atoms with Crippen LogP contribution in [-0.2, 0) is 32.6 Å². The van der Waals surface area contributed by atoms with Crippen LogP contribution in [0.3, 0.4) is 0 Å². The van der Waals surface area contributed by atoms with Crippen LogP contribution in [0.5, 0.6) is 17.2 Å². The molecule has 0 radical (unpaired) electrons. The van der Waals surface area contributed by atoms with E-state index in [1.165, 1.54) is 11.4 Å².